The van der Waals surface area contributed by atoms with Crippen molar-refractivity contribution in [3.8, 4) is 11.5 Å². The van der Waals surface area contributed by atoms with E-state index in [1.807, 2.05) is 0 Å². The largest absolute Gasteiger partial charge is 0.493 e. The molecule has 2 rings (SSSR count). The Labute approximate surface area is 147 Å². The second kappa shape index (κ2) is 8.53. The summed E-state index contributed by atoms with van der Waals surface area (Å²) in [6, 6.07) is 13.4. The average Bonchev–Trinajstić information content (AvgIpc) is 2.62. The first-order valence-electron chi connectivity index (χ1n) is 7.71. The van der Waals surface area contributed by atoms with Gasteiger partial charge in [-0.2, -0.15) is 0 Å². The zero-order valence-corrected chi connectivity index (χ0v) is 15.0. The van der Waals surface area contributed by atoms with Gasteiger partial charge >= 0.3 is 0 Å². The summed E-state index contributed by atoms with van der Waals surface area (Å²) in [5, 5.41) is 2.63. The van der Waals surface area contributed by atoms with Gasteiger partial charge in [0.2, 0.25) is 5.91 Å². The number of sulfone groups is 1. The number of rotatable bonds is 8. The fourth-order valence-corrected chi connectivity index (χ4v) is 3.49. The highest BCUT2D eigenvalue weighted by atomic mass is 32.2. The van der Waals surface area contributed by atoms with Crippen LogP contribution in [0.4, 0.5) is 0 Å². The molecule has 0 atom stereocenters. The Bertz CT molecular complexity index is 819. The van der Waals surface area contributed by atoms with E-state index in [-0.39, 0.29) is 29.5 Å². The first-order valence-corrected chi connectivity index (χ1v) is 9.37. The molecule has 0 aliphatic rings. The topological polar surface area (TPSA) is 81.7 Å². The summed E-state index contributed by atoms with van der Waals surface area (Å²) in [4.78, 5) is 12.3. The highest BCUT2D eigenvalue weighted by Crippen LogP contribution is 2.27. The lowest BCUT2D eigenvalue weighted by Gasteiger charge is -2.10. The molecule has 0 radical (unpaired) electrons. The molecule has 0 saturated heterocycles. The summed E-state index contributed by atoms with van der Waals surface area (Å²) < 4.78 is 34.6. The Morgan fingerprint density at radius 2 is 1.68 bits per heavy atom. The third-order valence-electron chi connectivity index (χ3n) is 3.61. The number of nitrogens with one attached hydrogen (secondary N) is 1. The number of methoxy groups -OCH3 is 2. The van der Waals surface area contributed by atoms with Crippen LogP contribution in [0.1, 0.15) is 5.56 Å². The number of benzene rings is 2. The van der Waals surface area contributed by atoms with Gasteiger partial charge in [0.25, 0.3) is 0 Å². The predicted octanol–water partition coefficient (Wildman–Crippen LogP) is 1.84. The zero-order chi connectivity index (χ0) is 18.3. The molecular weight excluding hydrogens is 342 g/mol. The molecule has 25 heavy (non-hydrogen) atoms. The number of hydrogen-bond donors (Lipinski definition) is 1. The summed E-state index contributed by atoms with van der Waals surface area (Å²) in [7, 11) is -0.337. The van der Waals surface area contributed by atoms with Gasteiger partial charge in [-0.1, -0.05) is 24.3 Å². The van der Waals surface area contributed by atoms with E-state index < -0.39 is 9.84 Å². The van der Waals surface area contributed by atoms with Gasteiger partial charge in [0.15, 0.2) is 21.3 Å². The lowest BCUT2D eigenvalue weighted by molar-refractivity contribution is -0.120. The fourth-order valence-electron chi connectivity index (χ4n) is 2.31. The quantitative estimate of drug-likeness (QED) is 0.774. The van der Waals surface area contributed by atoms with Crippen molar-refractivity contribution < 1.29 is 22.7 Å². The molecule has 0 aliphatic heterocycles. The number of amides is 1. The van der Waals surface area contributed by atoms with Gasteiger partial charge in [0.1, 0.15) is 0 Å². The molecule has 2 aromatic carbocycles. The van der Waals surface area contributed by atoms with E-state index in [9.17, 15) is 13.2 Å². The van der Waals surface area contributed by atoms with Crippen molar-refractivity contribution in [3.05, 3.63) is 54.1 Å². The zero-order valence-electron chi connectivity index (χ0n) is 14.2. The van der Waals surface area contributed by atoms with E-state index in [1.165, 1.54) is 14.2 Å². The van der Waals surface area contributed by atoms with Crippen LogP contribution in [0.2, 0.25) is 0 Å². The molecule has 6 nitrogen and oxygen atoms in total. The first kappa shape index (κ1) is 18.8. The number of hydrogen-bond acceptors (Lipinski definition) is 5. The Hall–Kier alpha value is -2.54. The normalized spacial score (nSPS) is 11.0. The molecule has 1 N–H and O–H groups in total. The Morgan fingerprint density at radius 3 is 2.32 bits per heavy atom. The van der Waals surface area contributed by atoms with Crippen LogP contribution in [-0.4, -0.2) is 40.8 Å². The van der Waals surface area contributed by atoms with Crippen molar-refractivity contribution >= 4 is 15.7 Å². The maximum absolute atomic E-state index is 12.1. The van der Waals surface area contributed by atoms with Gasteiger partial charge in [-0.05, 0) is 29.8 Å². The molecule has 0 fully saturated rings. The lowest BCUT2D eigenvalue weighted by atomic mass is 10.1. The average molecular weight is 363 g/mol. The maximum atomic E-state index is 12.1. The molecule has 0 unspecified atom stereocenters. The van der Waals surface area contributed by atoms with E-state index in [4.69, 9.17) is 9.47 Å². The van der Waals surface area contributed by atoms with Crippen LogP contribution in [0.15, 0.2) is 53.4 Å². The lowest BCUT2D eigenvalue weighted by Crippen LogP contribution is -2.30. The smallest absolute Gasteiger partial charge is 0.224 e. The van der Waals surface area contributed by atoms with Gasteiger partial charge in [-0.15, -0.1) is 0 Å². The minimum Gasteiger partial charge on any atom is -0.493 e. The Balaban J connectivity index is 1.89. The highest BCUT2D eigenvalue weighted by Gasteiger charge is 2.14. The van der Waals surface area contributed by atoms with Crippen LogP contribution in [0.25, 0.3) is 0 Å². The summed E-state index contributed by atoms with van der Waals surface area (Å²) in [5.74, 6) is 0.727. The van der Waals surface area contributed by atoms with Gasteiger partial charge in [0.05, 0.1) is 31.3 Å². The molecule has 0 aliphatic carbocycles. The summed E-state index contributed by atoms with van der Waals surface area (Å²) in [6.45, 7) is 0.0589. The Morgan fingerprint density at radius 1 is 1.00 bits per heavy atom. The van der Waals surface area contributed by atoms with Crippen LogP contribution in [0.3, 0.4) is 0 Å². The molecule has 0 spiro atoms. The van der Waals surface area contributed by atoms with E-state index in [1.54, 1.807) is 48.5 Å². The second-order valence-electron chi connectivity index (χ2n) is 5.35. The fraction of sp³-hybridized carbons (Fsp3) is 0.278. The van der Waals surface area contributed by atoms with E-state index in [0.29, 0.717) is 11.5 Å². The molecule has 0 saturated carbocycles. The van der Waals surface area contributed by atoms with Crippen LogP contribution >= 0.6 is 0 Å². The van der Waals surface area contributed by atoms with Crippen LogP contribution in [-0.2, 0) is 21.1 Å². The van der Waals surface area contributed by atoms with Crippen LogP contribution < -0.4 is 14.8 Å². The summed E-state index contributed by atoms with van der Waals surface area (Å²) in [5.41, 5.74) is 0.751. The van der Waals surface area contributed by atoms with Crippen molar-refractivity contribution in [1.82, 2.24) is 5.32 Å². The van der Waals surface area contributed by atoms with E-state index in [2.05, 4.69) is 5.32 Å². The second-order valence-corrected chi connectivity index (χ2v) is 7.46. The molecule has 1 amide bonds. The molecule has 0 heterocycles. The van der Waals surface area contributed by atoms with Crippen molar-refractivity contribution in [2.45, 2.75) is 11.3 Å². The van der Waals surface area contributed by atoms with Crippen molar-refractivity contribution in [2.75, 3.05) is 26.5 Å². The monoisotopic (exact) mass is 363 g/mol. The molecule has 2 aromatic rings. The van der Waals surface area contributed by atoms with Gasteiger partial charge in [-0.25, -0.2) is 8.42 Å². The summed E-state index contributed by atoms with van der Waals surface area (Å²) in [6.07, 6.45) is 0.131. The van der Waals surface area contributed by atoms with Gasteiger partial charge in [-0.3, -0.25) is 4.79 Å². The van der Waals surface area contributed by atoms with Crippen molar-refractivity contribution in [2.24, 2.45) is 0 Å². The molecule has 0 bridgehead atoms. The minimum absolute atomic E-state index is 0.0589. The number of carbonyl (C=O) groups excluding carboxylic acids is 1. The van der Waals surface area contributed by atoms with Crippen molar-refractivity contribution in [3.63, 3.8) is 0 Å². The molecule has 134 valence electrons. The van der Waals surface area contributed by atoms with Crippen molar-refractivity contribution in [1.29, 1.82) is 0 Å². The molecule has 0 aromatic heterocycles. The minimum atomic E-state index is -3.40. The van der Waals surface area contributed by atoms with Gasteiger partial charge in [0, 0.05) is 6.54 Å². The summed E-state index contributed by atoms with van der Waals surface area (Å²) >= 11 is 0. The van der Waals surface area contributed by atoms with Crippen LogP contribution in [0.5, 0.6) is 11.5 Å². The predicted molar refractivity (Wildman–Crippen MR) is 94.8 cm³/mol. The molecule has 7 heteroatoms. The number of ether oxygens (including phenoxy) is 2. The highest BCUT2D eigenvalue weighted by molar-refractivity contribution is 7.91. The number of carbonyl (C=O) groups is 1. The Kier molecular flexibility index (Phi) is 6.41. The first-order chi connectivity index (χ1) is 12.0. The standard InChI is InChI=1S/C18H21NO5S/c1-23-16-9-8-14(12-17(16)24-2)13-18(20)19-10-11-25(21,22)15-6-4-3-5-7-15/h3-9,12H,10-11,13H2,1-2H3,(H,19,20). The SMILES string of the molecule is COc1ccc(CC(=O)NCCS(=O)(=O)c2ccccc2)cc1OC. The molecular formula is C18H21NO5S. The third-order valence-corrected chi connectivity index (χ3v) is 5.34. The maximum Gasteiger partial charge on any atom is 0.224 e. The van der Waals surface area contributed by atoms with E-state index in [0.717, 1.165) is 5.56 Å². The van der Waals surface area contributed by atoms with Gasteiger partial charge < -0.3 is 14.8 Å². The van der Waals surface area contributed by atoms with Crippen LogP contribution in [0, 0.1) is 0 Å². The van der Waals surface area contributed by atoms with E-state index >= 15 is 0 Å². The third kappa shape index (κ3) is 5.22.